The van der Waals surface area contributed by atoms with Crippen LogP contribution in [0.3, 0.4) is 0 Å². The molecule has 0 amide bonds. The Balaban J connectivity index is 1.61. The molecule has 0 unspecified atom stereocenters. The van der Waals surface area contributed by atoms with Crippen molar-refractivity contribution in [3.8, 4) is 0 Å². The molecular formula is C16H13FN4O5S. The average Bonchev–Trinajstić information content (AvgIpc) is 2.66. The number of nitrogens with one attached hydrogen (secondary N) is 1. The molecule has 11 heteroatoms. The molecule has 140 valence electrons. The van der Waals surface area contributed by atoms with Gasteiger partial charge in [0.1, 0.15) is 17.9 Å². The molecule has 27 heavy (non-hydrogen) atoms. The number of carbonyl (C=O) groups excluding carboxylic acids is 1. The summed E-state index contributed by atoms with van der Waals surface area (Å²) in [7, 11) is -4.01. The monoisotopic (exact) mass is 392 g/mol. The van der Waals surface area contributed by atoms with Gasteiger partial charge in [-0.2, -0.15) is 9.40 Å². The van der Waals surface area contributed by atoms with Crippen molar-refractivity contribution in [2.75, 3.05) is 6.54 Å². The number of esters is 1. The van der Waals surface area contributed by atoms with E-state index in [0.717, 1.165) is 28.9 Å². The Labute approximate surface area is 152 Å². The summed E-state index contributed by atoms with van der Waals surface area (Å²) in [5.41, 5.74) is -0.0996. The van der Waals surface area contributed by atoms with Crippen molar-refractivity contribution < 1.29 is 22.3 Å². The minimum atomic E-state index is -4.01. The Morgan fingerprint density at radius 2 is 1.85 bits per heavy atom. The van der Waals surface area contributed by atoms with Gasteiger partial charge in [-0.1, -0.05) is 17.3 Å². The topological polar surface area (TPSA) is 120 Å². The summed E-state index contributed by atoms with van der Waals surface area (Å²) in [6, 6.07) is 10.6. The summed E-state index contributed by atoms with van der Waals surface area (Å²) < 4.78 is 44.6. The fourth-order valence-electron chi connectivity index (χ4n) is 2.14. The van der Waals surface area contributed by atoms with Crippen LogP contribution in [0.15, 0.2) is 58.2 Å². The van der Waals surface area contributed by atoms with Crippen molar-refractivity contribution in [2.45, 2.75) is 11.6 Å². The molecule has 0 saturated heterocycles. The van der Waals surface area contributed by atoms with Crippen LogP contribution in [-0.4, -0.2) is 35.9 Å². The van der Waals surface area contributed by atoms with Gasteiger partial charge in [0.25, 0.3) is 5.56 Å². The summed E-state index contributed by atoms with van der Waals surface area (Å²) in [6.07, 6.45) is 0. The molecule has 1 N–H and O–H groups in total. The molecule has 0 aliphatic heterocycles. The van der Waals surface area contributed by atoms with Crippen molar-refractivity contribution >= 4 is 26.9 Å². The van der Waals surface area contributed by atoms with E-state index in [2.05, 4.69) is 10.3 Å². The highest BCUT2D eigenvalue weighted by atomic mass is 32.2. The van der Waals surface area contributed by atoms with Gasteiger partial charge < -0.3 is 4.74 Å². The fraction of sp³-hybridized carbons (Fsp3) is 0.125. The lowest BCUT2D eigenvalue weighted by atomic mass is 10.2. The molecule has 0 radical (unpaired) electrons. The lowest BCUT2D eigenvalue weighted by molar-refractivity contribution is -0.146. The first-order valence-electron chi connectivity index (χ1n) is 7.60. The second-order valence-electron chi connectivity index (χ2n) is 5.34. The maximum Gasteiger partial charge on any atom is 0.322 e. The number of nitrogens with zero attached hydrogens (tertiary/aromatic N) is 3. The largest absolute Gasteiger partial charge is 0.441 e. The summed E-state index contributed by atoms with van der Waals surface area (Å²) >= 11 is 0. The maximum atomic E-state index is 12.9. The van der Waals surface area contributed by atoms with Crippen LogP contribution in [0.1, 0.15) is 0 Å². The van der Waals surface area contributed by atoms with Crippen molar-refractivity contribution in [3.05, 3.63) is 64.7 Å². The number of fused-ring (bicyclic) bond motifs is 1. The standard InChI is InChI=1S/C16H13FN4O5S/c17-11-5-7-12(8-6-11)27(24,25)18-9-15(22)26-10-21-16(23)13-3-1-2-4-14(13)19-20-21/h1-8,18H,9-10H2. The first-order valence-corrected chi connectivity index (χ1v) is 9.08. The molecule has 0 fully saturated rings. The number of benzene rings is 2. The van der Waals surface area contributed by atoms with E-state index in [1.165, 1.54) is 0 Å². The number of carbonyl (C=O) groups is 1. The van der Waals surface area contributed by atoms with Crippen LogP contribution in [0.2, 0.25) is 0 Å². The molecule has 1 heterocycles. The van der Waals surface area contributed by atoms with Gasteiger partial charge in [0.05, 0.1) is 10.3 Å². The molecule has 0 aliphatic rings. The van der Waals surface area contributed by atoms with E-state index in [0.29, 0.717) is 10.9 Å². The van der Waals surface area contributed by atoms with Gasteiger partial charge in [0.15, 0.2) is 6.73 Å². The van der Waals surface area contributed by atoms with Crippen LogP contribution >= 0.6 is 0 Å². The van der Waals surface area contributed by atoms with Gasteiger partial charge in [0, 0.05) is 0 Å². The Hall–Kier alpha value is -3.18. The molecule has 3 aromatic rings. The molecule has 3 rings (SSSR count). The van der Waals surface area contributed by atoms with Gasteiger partial charge in [0.2, 0.25) is 10.0 Å². The van der Waals surface area contributed by atoms with Crippen LogP contribution in [0.25, 0.3) is 10.9 Å². The lowest BCUT2D eigenvalue weighted by Gasteiger charge is -2.08. The maximum absolute atomic E-state index is 12.9. The molecule has 0 atom stereocenters. The van der Waals surface area contributed by atoms with E-state index in [1.807, 2.05) is 4.72 Å². The van der Waals surface area contributed by atoms with Crippen LogP contribution < -0.4 is 10.3 Å². The van der Waals surface area contributed by atoms with Crippen molar-refractivity contribution in [1.82, 2.24) is 19.7 Å². The zero-order valence-corrected chi connectivity index (χ0v) is 14.5. The Morgan fingerprint density at radius 1 is 1.15 bits per heavy atom. The number of sulfonamides is 1. The highest BCUT2D eigenvalue weighted by Crippen LogP contribution is 2.09. The molecule has 0 bridgehead atoms. The predicted molar refractivity (Wildman–Crippen MR) is 91.5 cm³/mol. The van der Waals surface area contributed by atoms with E-state index < -0.39 is 40.6 Å². The Morgan fingerprint density at radius 3 is 2.59 bits per heavy atom. The highest BCUT2D eigenvalue weighted by molar-refractivity contribution is 7.89. The molecule has 1 aromatic heterocycles. The van der Waals surface area contributed by atoms with Crippen molar-refractivity contribution in [3.63, 3.8) is 0 Å². The smallest absolute Gasteiger partial charge is 0.322 e. The van der Waals surface area contributed by atoms with Gasteiger partial charge in [-0.25, -0.2) is 12.8 Å². The molecule has 0 aliphatic carbocycles. The molecule has 9 nitrogen and oxygen atoms in total. The van der Waals surface area contributed by atoms with Crippen molar-refractivity contribution in [1.29, 1.82) is 0 Å². The Bertz CT molecular complexity index is 1150. The predicted octanol–water partition coefficient (Wildman–Crippen LogP) is 0.410. The highest BCUT2D eigenvalue weighted by Gasteiger charge is 2.16. The molecular weight excluding hydrogens is 379 g/mol. The van der Waals surface area contributed by atoms with E-state index in [1.54, 1.807) is 24.3 Å². The number of ether oxygens (including phenoxy) is 1. The normalized spacial score (nSPS) is 11.4. The minimum absolute atomic E-state index is 0.201. The first-order chi connectivity index (χ1) is 12.9. The summed E-state index contributed by atoms with van der Waals surface area (Å²) in [5, 5.41) is 7.78. The quantitative estimate of drug-likeness (QED) is 0.603. The van der Waals surface area contributed by atoms with Gasteiger partial charge in [-0.15, -0.1) is 5.10 Å². The van der Waals surface area contributed by atoms with Gasteiger partial charge in [-0.05, 0) is 36.4 Å². The van der Waals surface area contributed by atoms with Gasteiger partial charge >= 0.3 is 5.97 Å². The lowest BCUT2D eigenvalue weighted by Crippen LogP contribution is -2.32. The van der Waals surface area contributed by atoms with E-state index in [9.17, 15) is 22.4 Å². The third kappa shape index (κ3) is 4.33. The molecule has 2 aromatic carbocycles. The first kappa shape index (κ1) is 18.6. The third-order valence-electron chi connectivity index (χ3n) is 3.51. The second kappa shape index (κ2) is 7.60. The van der Waals surface area contributed by atoms with Crippen molar-refractivity contribution in [2.24, 2.45) is 0 Å². The second-order valence-corrected chi connectivity index (χ2v) is 7.10. The molecule has 0 spiro atoms. The number of halogens is 1. The number of hydrogen-bond donors (Lipinski definition) is 1. The Kier molecular flexibility index (Phi) is 5.23. The average molecular weight is 392 g/mol. The fourth-order valence-corrected chi connectivity index (χ4v) is 3.11. The van der Waals surface area contributed by atoms with Crippen LogP contribution in [0, 0.1) is 5.82 Å². The van der Waals surface area contributed by atoms with E-state index in [-0.39, 0.29) is 4.90 Å². The van der Waals surface area contributed by atoms with Gasteiger partial charge in [-0.3, -0.25) is 9.59 Å². The van der Waals surface area contributed by atoms with E-state index >= 15 is 0 Å². The van der Waals surface area contributed by atoms with E-state index in [4.69, 9.17) is 4.74 Å². The van der Waals surface area contributed by atoms with Crippen LogP contribution in [0.4, 0.5) is 4.39 Å². The minimum Gasteiger partial charge on any atom is -0.441 e. The summed E-state index contributed by atoms with van der Waals surface area (Å²) in [4.78, 5) is 23.7. The van der Waals surface area contributed by atoms with Crippen LogP contribution in [-0.2, 0) is 26.3 Å². The zero-order chi connectivity index (χ0) is 19.4. The third-order valence-corrected chi connectivity index (χ3v) is 4.92. The SMILES string of the molecule is O=C(CNS(=O)(=O)c1ccc(F)cc1)OCn1nnc2ccccc2c1=O. The number of rotatable bonds is 6. The summed E-state index contributed by atoms with van der Waals surface area (Å²) in [6.45, 7) is -1.19. The number of hydrogen-bond acceptors (Lipinski definition) is 7. The summed E-state index contributed by atoms with van der Waals surface area (Å²) in [5.74, 6) is -1.52. The molecule has 0 saturated carbocycles. The number of aromatic nitrogens is 3. The van der Waals surface area contributed by atoms with Crippen LogP contribution in [0.5, 0.6) is 0 Å². The zero-order valence-electron chi connectivity index (χ0n) is 13.7.